The maximum Gasteiger partial charge on any atom is 0.325 e. The minimum absolute atomic E-state index is 0.275. The van der Waals surface area contributed by atoms with Crippen LogP contribution < -0.4 is 10.6 Å². The Morgan fingerprint density at radius 1 is 1.00 bits per heavy atom. The topological polar surface area (TPSA) is 78.5 Å². The summed E-state index contributed by atoms with van der Waals surface area (Å²) in [7, 11) is 0. The number of nitrogens with zero attached hydrogens (tertiary/aromatic N) is 1. The summed E-state index contributed by atoms with van der Waals surface area (Å²) in [5.41, 5.74) is 1.64. The number of nitrogens with one attached hydrogen (secondary N) is 2. The molecule has 0 spiro atoms. The van der Waals surface area contributed by atoms with E-state index in [-0.39, 0.29) is 6.42 Å². The summed E-state index contributed by atoms with van der Waals surface area (Å²) < 4.78 is 0. The first-order chi connectivity index (χ1) is 15.4. The molecule has 4 rings (SSSR count). The fourth-order valence-electron chi connectivity index (χ4n) is 3.91. The highest BCUT2D eigenvalue weighted by molar-refractivity contribution is 6.30. The van der Waals surface area contributed by atoms with E-state index in [4.69, 9.17) is 11.6 Å². The van der Waals surface area contributed by atoms with Crippen LogP contribution in [0, 0.1) is 6.92 Å². The third-order valence-corrected chi connectivity index (χ3v) is 5.75. The van der Waals surface area contributed by atoms with Gasteiger partial charge in [-0.25, -0.2) is 4.79 Å². The number of hydrogen-bond donors (Lipinski definition) is 2. The van der Waals surface area contributed by atoms with Crippen LogP contribution >= 0.6 is 11.6 Å². The van der Waals surface area contributed by atoms with Gasteiger partial charge in [-0.1, -0.05) is 72.3 Å². The number of benzene rings is 3. The van der Waals surface area contributed by atoms with E-state index in [1.54, 1.807) is 18.2 Å². The van der Waals surface area contributed by atoms with Crippen LogP contribution in [0.5, 0.6) is 0 Å². The van der Waals surface area contributed by atoms with Gasteiger partial charge in [-0.15, -0.1) is 0 Å². The lowest BCUT2D eigenvalue weighted by Crippen LogP contribution is -2.46. The second-order valence-corrected chi connectivity index (χ2v) is 8.20. The van der Waals surface area contributed by atoms with Gasteiger partial charge in [0.1, 0.15) is 6.54 Å². The van der Waals surface area contributed by atoms with Crippen molar-refractivity contribution in [2.75, 3.05) is 11.9 Å². The van der Waals surface area contributed by atoms with Crippen LogP contribution in [-0.2, 0) is 21.5 Å². The van der Waals surface area contributed by atoms with Crippen LogP contribution in [0.25, 0.3) is 0 Å². The van der Waals surface area contributed by atoms with E-state index < -0.39 is 29.9 Å². The lowest BCUT2D eigenvalue weighted by molar-refractivity contribution is -0.134. The molecule has 0 radical (unpaired) electrons. The summed E-state index contributed by atoms with van der Waals surface area (Å²) in [6.07, 6.45) is 0.275. The number of imide groups is 1. The van der Waals surface area contributed by atoms with Gasteiger partial charge in [-0.3, -0.25) is 14.5 Å². The van der Waals surface area contributed by atoms with Crippen molar-refractivity contribution >= 4 is 35.1 Å². The van der Waals surface area contributed by atoms with E-state index in [0.717, 1.165) is 16.0 Å². The molecule has 3 aromatic carbocycles. The number of aryl methyl sites for hydroxylation is 1. The first kappa shape index (κ1) is 21.6. The molecule has 1 atom stereocenters. The lowest BCUT2D eigenvalue weighted by atomic mass is 9.83. The number of hydrogen-bond acceptors (Lipinski definition) is 3. The molecule has 0 aromatic heterocycles. The number of anilines is 1. The van der Waals surface area contributed by atoms with Crippen molar-refractivity contribution in [3.63, 3.8) is 0 Å². The Labute approximate surface area is 191 Å². The van der Waals surface area contributed by atoms with Gasteiger partial charge in [0.2, 0.25) is 5.91 Å². The van der Waals surface area contributed by atoms with Crippen LogP contribution in [0.4, 0.5) is 10.5 Å². The van der Waals surface area contributed by atoms with Gasteiger partial charge in [-0.2, -0.15) is 0 Å². The molecule has 0 saturated carbocycles. The van der Waals surface area contributed by atoms with Gasteiger partial charge >= 0.3 is 6.03 Å². The molecule has 1 unspecified atom stereocenters. The molecule has 1 heterocycles. The van der Waals surface area contributed by atoms with E-state index in [1.165, 1.54) is 0 Å². The zero-order chi connectivity index (χ0) is 22.7. The van der Waals surface area contributed by atoms with Gasteiger partial charge in [0, 0.05) is 17.1 Å². The summed E-state index contributed by atoms with van der Waals surface area (Å²) in [4.78, 5) is 40.1. The van der Waals surface area contributed by atoms with E-state index in [9.17, 15) is 14.4 Å². The highest BCUT2D eigenvalue weighted by Crippen LogP contribution is 2.33. The van der Waals surface area contributed by atoms with Crippen molar-refractivity contribution in [1.29, 1.82) is 0 Å². The Kier molecular flexibility index (Phi) is 5.97. The number of halogens is 1. The zero-order valence-corrected chi connectivity index (χ0v) is 18.2. The summed E-state index contributed by atoms with van der Waals surface area (Å²) >= 11 is 5.97. The maximum atomic E-state index is 13.6. The SMILES string of the molecule is Cc1cc(Cl)ccc1NC(=O)CN1C(=O)NC(Cc2ccccc2)(c2ccccc2)C1=O. The molecule has 32 heavy (non-hydrogen) atoms. The molecule has 3 aromatic rings. The predicted octanol–water partition coefficient (Wildman–Crippen LogP) is 4.28. The molecule has 2 N–H and O–H groups in total. The van der Waals surface area contributed by atoms with Crippen LogP contribution in [0.15, 0.2) is 78.9 Å². The highest BCUT2D eigenvalue weighted by atomic mass is 35.5. The first-order valence-electron chi connectivity index (χ1n) is 10.2. The molecule has 162 valence electrons. The lowest BCUT2D eigenvalue weighted by Gasteiger charge is -2.27. The summed E-state index contributed by atoms with van der Waals surface area (Å²) in [5.74, 6) is -0.928. The smallest absolute Gasteiger partial charge is 0.324 e. The minimum atomic E-state index is -1.28. The molecule has 7 heteroatoms. The molecule has 1 aliphatic rings. The zero-order valence-electron chi connectivity index (χ0n) is 17.5. The Morgan fingerprint density at radius 3 is 2.31 bits per heavy atom. The molecule has 1 aliphatic heterocycles. The molecular formula is C25H22ClN3O3. The molecule has 1 saturated heterocycles. The van der Waals surface area contributed by atoms with Crippen molar-refractivity contribution < 1.29 is 14.4 Å². The maximum absolute atomic E-state index is 13.6. The van der Waals surface area contributed by atoms with Gasteiger partial charge in [0.15, 0.2) is 5.54 Å². The molecule has 0 aliphatic carbocycles. The number of rotatable bonds is 6. The van der Waals surface area contributed by atoms with Crippen molar-refractivity contribution in [2.24, 2.45) is 0 Å². The van der Waals surface area contributed by atoms with Crippen molar-refractivity contribution in [3.05, 3.63) is 101 Å². The average molecular weight is 448 g/mol. The van der Waals surface area contributed by atoms with Gasteiger partial charge < -0.3 is 10.6 Å². The van der Waals surface area contributed by atoms with Crippen LogP contribution in [-0.4, -0.2) is 29.3 Å². The largest absolute Gasteiger partial charge is 0.325 e. The minimum Gasteiger partial charge on any atom is -0.324 e. The number of carbonyl (C=O) groups is 3. The van der Waals surface area contributed by atoms with Gasteiger partial charge in [0.05, 0.1) is 0 Å². The van der Waals surface area contributed by atoms with Crippen molar-refractivity contribution in [2.45, 2.75) is 18.9 Å². The van der Waals surface area contributed by atoms with Crippen molar-refractivity contribution in [3.8, 4) is 0 Å². The second-order valence-electron chi connectivity index (χ2n) is 7.76. The summed E-state index contributed by atoms with van der Waals surface area (Å²) in [6, 6.07) is 23.1. The van der Waals surface area contributed by atoms with Crippen LogP contribution in [0.2, 0.25) is 5.02 Å². The standard InChI is InChI=1S/C25H22ClN3O3/c1-17-14-20(26)12-13-21(17)27-22(30)16-29-23(31)25(28-24(29)32,19-10-6-3-7-11-19)15-18-8-4-2-5-9-18/h2-14H,15-16H2,1H3,(H,27,30)(H,28,32). The Balaban J connectivity index is 1.60. The van der Waals surface area contributed by atoms with Gasteiger partial charge in [0.25, 0.3) is 5.91 Å². The van der Waals surface area contributed by atoms with Crippen LogP contribution in [0.1, 0.15) is 16.7 Å². The Morgan fingerprint density at radius 2 is 1.66 bits per heavy atom. The highest BCUT2D eigenvalue weighted by Gasteiger charge is 2.52. The molecule has 0 bridgehead atoms. The first-order valence-corrected chi connectivity index (χ1v) is 10.6. The quantitative estimate of drug-likeness (QED) is 0.554. The monoisotopic (exact) mass is 447 g/mol. The molecular weight excluding hydrogens is 426 g/mol. The second kappa shape index (κ2) is 8.85. The predicted molar refractivity (Wildman–Crippen MR) is 123 cm³/mol. The third kappa shape index (κ3) is 4.22. The fourth-order valence-corrected chi connectivity index (χ4v) is 4.14. The van der Waals surface area contributed by atoms with E-state index in [0.29, 0.717) is 16.3 Å². The summed E-state index contributed by atoms with van der Waals surface area (Å²) in [5, 5.41) is 6.17. The summed E-state index contributed by atoms with van der Waals surface area (Å²) in [6.45, 7) is 1.42. The average Bonchev–Trinajstić information content (AvgIpc) is 3.02. The van der Waals surface area contributed by atoms with Crippen LogP contribution in [0.3, 0.4) is 0 Å². The van der Waals surface area contributed by atoms with Crippen molar-refractivity contribution in [1.82, 2.24) is 10.2 Å². The number of urea groups is 1. The molecule has 6 nitrogen and oxygen atoms in total. The third-order valence-electron chi connectivity index (χ3n) is 5.52. The normalized spacial score (nSPS) is 17.9. The van der Waals surface area contributed by atoms with E-state index in [2.05, 4.69) is 10.6 Å². The molecule has 1 fully saturated rings. The number of carbonyl (C=O) groups excluding carboxylic acids is 3. The molecule has 4 amide bonds. The number of amides is 4. The van der Waals surface area contributed by atoms with E-state index in [1.807, 2.05) is 67.6 Å². The fraction of sp³-hybridized carbons (Fsp3) is 0.160. The Bertz CT molecular complexity index is 1170. The van der Waals surface area contributed by atoms with E-state index >= 15 is 0 Å². The Hall–Kier alpha value is -3.64. The van der Waals surface area contributed by atoms with Gasteiger partial charge in [-0.05, 0) is 41.8 Å².